The lowest BCUT2D eigenvalue weighted by molar-refractivity contribution is 0.0856. The van der Waals surface area contributed by atoms with Crippen LogP contribution in [0.4, 0.5) is 0 Å². The molecule has 3 unspecified atom stereocenters. The Balaban J connectivity index is 1.88. The van der Waals surface area contributed by atoms with Gasteiger partial charge in [0.1, 0.15) is 0 Å². The normalized spacial score (nSPS) is 35.5. The highest BCUT2D eigenvalue weighted by Gasteiger charge is 2.49. The Bertz CT molecular complexity index is 422. The fourth-order valence-electron chi connectivity index (χ4n) is 3.48. The largest absolute Gasteiger partial charge is 0.373 e. The minimum Gasteiger partial charge on any atom is -0.373 e. The molecule has 1 aromatic rings. The first-order valence-corrected chi connectivity index (χ1v) is 6.58. The molecule has 2 aliphatic rings. The van der Waals surface area contributed by atoms with Crippen molar-refractivity contribution in [3.8, 4) is 0 Å². The predicted octanol–water partition coefficient (Wildman–Crippen LogP) is 2.49. The van der Waals surface area contributed by atoms with Crippen molar-refractivity contribution in [2.45, 2.75) is 57.3 Å². The molecule has 0 saturated carbocycles. The second-order valence-electron chi connectivity index (χ2n) is 5.81. The number of aryl methyl sites for hydroxylation is 2. The van der Waals surface area contributed by atoms with Crippen molar-refractivity contribution in [3.63, 3.8) is 0 Å². The first-order chi connectivity index (χ1) is 8.08. The number of nitrogens with two attached hydrogens (primary N) is 1. The van der Waals surface area contributed by atoms with Crippen molar-refractivity contribution in [3.05, 3.63) is 34.9 Å². The zero-order chi connectivity index (χ0) is 12.0. The van der Waals surface area contributed by atoms with E-state index in [1.54, 1.807) is 0 Å². The van der Waals surface area contributed by atoms with Crippen molar-refractivity contribution in [1.29, 1.82) is 0 Å². The van der Waals surface area contributed by atoms with Crippen LogP contribution in [0.15, 0.2) is 18.2 Å². The van der Waals surface area contributed by atoms with Gasteiger partial charge in [-0.1, -0.05) is 18.2 Å². The number of benzene rings is 1. The summed E-state index contributed by atoms with van der Waals surface area (Å²) >= 11 is 0. The van der Waals surface area contributed by atoms with Gasteiger partial charge in [0.15, 0.2) is 0 Å². The van der Waals surface area contributed by atoms with Gasteiger partial charge in [-0.05, 0) is 56.2 Å². The van der Waals surface area contributed by atoms with Gasteiger partial charge >= 0.3 is 0 Å². The van der Waals surface area contributed by atoms with Gasteiger partial charge < -0.3 is 10.5 Å². The average Bonchev–Trinajstić information content (AvgIpc) is 2.83. The number of fused-ring (bicyclic) bond motifs is 2. The molecule has 3 atom stereocenters. The third kappa shape index (κ3) is 1.80. The van der Waals surface area contributed by atoms with Crippen LogP contribution in [0.5, 0.6) is 0 Å². The predicted molar refractivity (Wildman–Crippen MR) is 69.1 cm³/mol. The standard InChI is InChI=1S/C15H21NO/c1-10-4-3-5-11(2)13(10)9-15(16)8-12-6-7-14(15)17-12/h3-5,12,14H,6-9,16H2,1-2H3. The van der Waals surface area contributed by atoms with Crippen LogP contribution >= 0.6 is 0 Å². The lowest BCUT2D eigenvalue weighted by atomic mass is 9.77. The number of rotatable bonds is 2. The van der Waals surface area contributed by atoms with E-state index >= 15 is 0 Å². The molecule has 2 saturated heterocycles. The van der Waals surface area contributed by atoms with Crippen LogP contribution in [-0.2, 0) is 11.2 Å². The molecule has 92 valence electrons. The fraction of sp³-hybridized carbons (Fsp3) is 0.600. The van der Waals surface area contributed by atoms with Crippen molar-refractivity contribution in [2.75, 3.05) is 0 Å². The zero-order valence-corrected chi connectivity index (χ0v) is 10.7. The molecule has 2 fully saturated rings. The van der Waals surface area contributed by atoms with Gasteiger partial charge in [0.25, 0.3) is 0 Å². The van der Waals surface area contributed by atoms with E-state index in [1.807, 2.05) is 0 Å². The molecule has 3 rings (SSSR count). The van der Waals surface area contributed by atoms with Crippen molar-refractivity contribution in [1.82, 2.24) is 0 Å². The van der Waals surface area contributed by atoms with E-state index in [1.165, 1.54) is 23.1 Å². The maximum absolute atomic E-state index is 6.59. The highest BCUT2D eigenvalue weighted by Crippen LogP contribution is 2.42. The van der Waals surface area contributed by atoms with Crippen LogP contribution in [-0.4, -0.2) is 17.7 Å². The third-order valence-corrected chi connectivity index (χ3v) is 4.51. The molecule has 0 spiro atoms. The first-order valence-electron chi connectivity index (χ1n) is 6.58. The minimum absolute atomic E-state index is 0.125. The monoisotopic (exact) mass is 231 g/mol. The van der Waals surface area contributed by atoms with E-state index in [0.717, 1.165) is 19.3 Å². The van der Waals surface area contributed by atoms with E-state index in [0.29, 0.717) is 6.10 Å². The van der Waals surface area contributed by atoms with Gasteiger partial charge in [-0.25, -0.2) is 0 Å². The van der Waals surface area contributed by atoms with Gasteiger partial charge in [0, 0.05) is 5.54 Å². The summed E-state index contributed by atoms with van der Waals surface area (Å²) in [6, 6.07) is 6.48. The molecule has 0 amide bonds. The summed E-state index contributed by atoms with van der Waals surface area (Å²) in [6.07, 6.45) is 5.06. The summed E-state index contributed by atoms with van der Waals surface area (Å²) in [7, 11) is 0. The highest BCUT2D eigenvalue weighted by atomic mass is 16.5. The highest BCUT2D eigenvalue weighted by molar-refractivity contribution is 5.35. The Labute approximate surface area is 103 Å². The van der Waals surface area contributed by atoms with Crippen LogP contribution in [0.1, 0.15) is 36.0 Å². The molecule has 2 heteroatoms. The molecule has 0 aromatic heterocycles. The smallest absolute Gasteiger partial charge is 0.0763 e. The van der Waals surface area contributed by atoms with E-state index < -0.39 is 0 Å². The molecule has 2 nitrogen and oxygen atoms in total. The second-order valence-corrected chi connectivity index (χ2v) is 5.81. The van der Waals surface area contributed by atoms with E-state index in [4.69, 9.17) is 10.5 Å². The summed E-state index contributed by atoms with van der Waals surface area (Å²) in [5, 5.41) is 0. The fourth-order valence-corrected chi connectivity index (χ4v) is 3.48. The number of hydrogen-bond donors (Lipinski definition) is 1. The van der Waals surface area contributed by atoms with Gasteiger partial charge in [0.2, 0.25) is 0 Å². The maximum atomic E-state index is 6.59. The van der Waals surface area contributed by atoms with Crippen LogP contribution in [0, 0.1) is 13.8 Å². The third-order valence-electron chi connectivity index (χ3n) is 4.51. The van der Waals surface area contributed by atoms with E-state index in [-0.39, 0.29) is 11.6 Å². The van der Waals surface area contributed by atoms with Gasteiger partial charge in [-0.15, -0.1) is 0 Å². The average molecular weight is 231 g/mol. The Morgan fingerprint density at radius 2 is 2.00 bits per heavy atom. The summed E-state index contributed by atoms with van der Waals surface area (Å²) in [4.78, 5) is 0. The number of ether oxygens (including phenoxy) is 1. The molecule has 0 aliphatic carbocycles. The lowest BCUT2D eigenvalue weighted by Gasteiger charge is -2.32. The Morgan fingerprint density at radius 1 is 1.29 bits per heavy atom. The SMILES string of the molecule is Cc1cccc(C)c1CC1(N)CC2CCC1O2. The molecule has 2 heterocycles. The van der Waals surface area contributed by atoms with Gasteiger partial charge in [0.05, 0.1) is 12.2 Å². The Kier molecular flexibility index (Phi) is 2.53. The van der Waals surface area contributed by atoms with Crippen LogP contribution in [0.25, 0.3) is 0 Å². The van der Waals surface area contributed by atoms with Crippen molar-refractivity contribution >= 4 is 0 Å². The van der Waals surface area contributed by atoms with E-state index in [9.17, 15) is 0 Å². The summed E-state index contributed by atoms with van der Waals surface area (Å²) in [5.41, 5.74) is 10.6. The minimum atomic E-state index is -0.125. The maximum Gasteiger partial charge on any atom is 0.0763 e. The van der Waals surface area contributed by atoms with Crippen LogP contribution in [0.2, 0.25) is 0 Å². The van der Waals surface area contributed by atoms with Crippen LogP contribution in [0.3, 0.4) is 0 Å². The molecule has 0 radical (unpaired) electrons. The second kappa shape index (κ2) is 3.82. The number of hydrogen-bond acceptors (Lipinski definition) is 2. The molecule has 2 aliphatic heterocycles. The zero-order valence-electron chi connectivity index (χ0n) is 10.7. The molecular weight excluding hydrogens is 210 g/mol. The Morgan fingerprint density at radius 3 is 2.53 bits per heavy atom. The molecule has 2 bridgehead atoms. The summed E-state index contributed by atoms with van der Waals surface area (Å²) in [5.74, 6) is 0. The van der Waals surface area contributed by atoms with Crippen LogP contribution < -0.4 is 5.73 Å². The summed E-state index contributed by atoms with van der Waals surface area (Å²) in [6.45, 7) is 4.36. The molecule has 2 N–H and O–H groups in total. The van der Waals surface area contributed by atoms with E-state index in [2.05, 4.69) is 32.0 Å². The lowest BCUT2D eigenvalue weighted by Crippen LogP contribution is -2.50. The van der Waals surface area contributed by atoms with Gasteiger partial charge in [-0.2, -0.15) is 0 Å². The Hall–Kier alpha value is -0.860. The molecule has 1 aromatic carbocycles. The topological polar surface area (TPSA) is 35.2 Å². The quantitative estimate of drug-likeness (QED) is 0.848. The first kappa shape index (κ1) is 11.2. The molecular formula is C15H21NO. The van der Waals surface area contributed by atoms with Crippen molar-refractivity contribution < 1.29 is 4.74 Å². The van der Waals surface area contributed by atoms with Gasteiger partial charge in [-0.3, -0.25) is 0 Å². The molecule has 17 heavy (non-hydrogen) atoms. The van der Waals surface area contributed by atoms with Crippen molar-refractivity contribution in [2.24, 2.45) is 5.73 Å². The summed E-state index contributed by atoms with van der Waals surface area (Å²) < 4.78 is 5.91.